The predicted molar refractivity (Wildman–Crippen MR) is 74.3 cm³/mol. The van der Waals surface area contributed by atoms with Crippen LogP contribution in [0.25, 0.3) is 0 Å². The number of rotatable bonds is 2. The zero-order valence-corrected chi connectivity index (χ0v) is 12.1. The van der Waals surface area contributed by atoms with Gasteiger partial charge in [-0.15, -0.1) is 0 Å². The normalized spacial score (nSPS) is 33.0. The second kappa shape index (κ2) is 6.20. The average Bonchev–Trinajstić information content (AvgIpc) is 2.82. The maximum absolute atomic E-state index is 6.25. The van der Waals surface area contributed by atoms with E-state index in [2.05, 4.69) is 22.1 Å². The van der Waals surface area contributed by atoms with Gasteiger partial charge in [-0.05, 0) is 19.9 Å². The number of nitrogens with two attached hydrogens (primary N) is 1. The van der Waals surface area contributed by atoms with Crippen molar-refractivity contribution < 1.29 is 9.26 Å². The number of ether oxygens (including phenoxy) is 1. The highest BCUT2D eigenvalue weighted by atomic mass is 16.5. The van der Waals surface area contributed by atoms with Crippen molar-refractivity contribution in [1.82, 2.24) is 15.0 Å². The minimum absolute atomic E-state index is 0.0757. The number of hydrogen-bond donors (Lipinski definition) is 1. The summed E-state index contributed by atoms with van der Waals surface area (Å²) in [6.45, 7) is 2.48. The van der Waals surface area contributed by atoms with Gasteiger partial charge in [0.1, 0.15) is 6.10 Å². The van der Waals surface area contributed by atoms with Gasteiger partial charge >= 0.3 is 0 Å². The van der Waals surface area contributed by atoms with Crippen LogP contribution >= 0.6 is 0 Å². The SMILES string of the molecule is CN1CCOC(c2noc(C3CCCCCC3N)n2)C1. The monoisotopic (exact) mass is 280 g/mol. The number of likely N-dealkylation sites (N-methyl/N-ethyl adjacent to an activating group) is 1. The molecule has 0 aromatic carbocycles. The molecule has 20 heavy (non-hydrogen) atoms. The van der Waals surface area contributed by atoms with Gasteiger partial charge < -0.3 is 19.9 Å². The van der Waals surface area contributed by atoms with Crippen LogP contribution in [0.15, 0.2) is 4.52 Å². The summed E-state index contributed by atoms with van der Waals surface area (Å²) in [6.07, 6.45) is 5.67. The fourth-order valence-corrected chi connectivity index (χ4v) is 3.11. The Labute approximate surface area is 119 Å². The van der Waals surface area contributed by atoms with E-state index >= 15 is 0 Å². The van der Waals surface area contributed by atoms with E-state index in [1.54, 1.807) is 0 Å². The fraction of sp³-hybridized carbons (Fsp3) is 0.857. The van der Waals surface area contributed by atoms with E-state index in [1.807, 2.05) is 0 Å². The lowest BCUT2D eigenvalue weighted by Crippen LogP contribution is -2.35. The lowest BCUT2D eigenvalue weighted by atomic mass is 9.95. The van der Waals surface area contributed by atoms with E-state index in [9.17, 15) is 0 Å². The molecule has 112 valence electrons. The van der Waals surface area contributed by atoms with Gasteiger partial charge in [0.05, 0.1) is 12.5 Å². The van der Waals surface area contributed by atoms with Gasteiger partial charge in [0.2, 0.25) is 11.7 Å². The average molecular weight is 280 g/mol. The standard InChI is InChI=1S/C14H24N4O2/c1-18-7-8-19-12(9-18)13-16-14(20-17-13)10-5-3-2-4-6-11(10)15/h10-12H,2-9,15H2,1H3. The van der Waals surface area contributed by atoms with Gasteiger partial charge in [-0.1, -0.05) is 24.4 Å². The third kappa shape index (κ3) is 3.02. The maximum atomic E-state index is 6.25. The number of aromatic nitrogens is 2. The molecular weight excluding hydrogens is 256 g/mol. The van der Waals surface area contributed by atoms with Crippen LogP contribution in [0.4, 0.5) is 0 Å². The Bertz CT molecular complexity index is 437. The van der Waals surface area contributed by atoms with Crippen LogP contribution in [0, 0.1) is 0 Å². The summed E-state index contributed by atoms with van der Waals surface area (Å²) in [6, 6.07) is 0.140. The third-order valence-corrected chi connectivity index (χ3v) is 4.40. The molecule has 0 spiro atoms. The van der Waals surface area contributed by atoms with Crippen molar-refractivity contribution in [2.24, 2.45) is 5.73 Å². The van der Waals surface area contributed by atoms with Crippen molar-refractivity contribution in [1.29, 1.82) is 0 Å². The number of hydrogen-bond acceptors (Lipinski definition) is 6. The summed E-state index contributed by atoms with van der Waals surface area (Å²) in [5.41, 5.74) is 6.25. The molecule has 1 aliphatic heterocycles. The maximum Gasteiger partial charge on any atom is 0.231 e. The second-order valence-electron chi connectivity index (χ2n) is 6.02. The van der Waals surface area contributed by atoms with Crippen LogP contribution < -0.4 is 5.73 Å². The summed E-state index contributed by atoms with van der Waals surface area (Å²) >= 11 is 0. The molecule has 0 bridgehead atoms. The smallest absolute Gasteiger partial charge is 0.231 e. The van der Waals surface area contributed by atoms with Crippen LogP contribution in [0.2, 0.25) is 0 Å². The van der Waals surface area contributed by atoms with E-state index in [0.29, 0.717) is 18.3 Å². The fourth-order valence-electron chi connectivity index (χ4n) is 3.11. The largest absolute Gasteiger partial charge is 0.367 e. The van der Waals surface area contributed by atoms with E-state index in [-0.39, 0.29) is 18.1 Å². The molecule has 0 radical (unpaired) electrons. The summed E-state index contributed by atoms with van der Waals surface area (Å²) in [7, 11) is 2.08. The first-order valence-corrected chi connectivity index (χ1v) is 7.63. The predicted octanol–water partition coefficient (Wildman–Crippen LogP) is 1.45. The lowest BCUT2D eigenvalue weighted by Gasteiger charge is -2.27. The first-order chi connectivity index (χ1) is 9.74. The summed E-state index contributed by atoms with van der Waals surface area (Å²) in [4.78, 5) is 6.80. The Morgan fingerprint density at radius 3 is 2.95 bits per heavy atom. The van der Waals surface area contributed by atoms with Gasteiger partial charge in [-0.25, -0.2) is 0 Å². The molecule has 1 saturated carbocycles. The number of nitrogens with zero attached hydrogens (tertiary/aromatic N) is 3. The first kappa shape index (κ1) is 14.0. The zero-order valence-electron chi connectivity index (χ0n) is 12.1. The quantitative estimate of drug-likeness (QED) is 0.826. The van der Waals surface area contributed by atoms with E-state index < -0.39 is 0 Å². The van der Waals surface area contributed by atoms with Crippen molar-refractivity contribution in [3.63, 3.8) is 0 Å². The Morgan fingerprint density at radius 2 is 2.10 bits per heavy atom. The lowest BCUT2D eigenvalue weighted by molar-refractivity contribution is -0.0264. The van der Waals surface area contributed by atoms with Gasteiger partial charge in [-0.3, -0.25) is 0 Å². The molecule has 3 unspecified atom stereocenters. The molecular formula is C14H24N4O2. The zero-order chi connectivity index (χ0) is 13.9. The highest BCUT2D eigenvalue weighted by molar-refractivity contribution is 5.02. The van der Waals surface area contributed by atoms with E-state index in [0.717, 1.165) is 25.9 Å². The summed E-state index contributed by atoms with van der Waals surface area (Å²) < 4.78 is 11.2. The molecule has 1 saturated heterocycles. The molecule has 1 aromatic heterocycles. The van der Waals surface area contributed by atoms with Crippen LogP contribution in [0.1, 0.15) is 55.8 Å². The molecule has 2 aliphatic rings. The Hall–Kier alpha value is -0.980. The van der Waals surface area contributed by atoms with Crippen molar-refractivity contribution in [2.75, 3.05) is 26.7 Å². The molecule has 2 fully saturated rings. The molecule has 3 rings (SSSR count). The van der Waals surface area contributed by atoms with Crippen molar-refractivity contribution >= 4 is 0 Å². The van der Waals surface area contributed by atoms with Gasteiger partial charge in [-0.2, -0.15) is 4.98 Å². The molecule has 2 heterocycles. The van der Waals surface area contributed by atoms with E-state index in [4.69, 9.17) is 15.0 Å². The molecule has 6 nitrogen and oxygen atoms in total. The highest BCUT2D eigenvalue weighted by Crippen LogP contribution is 2.31. The molecule has 1 aliphatic carbocycles. The van der Waals surface area contributed by atoms with Crippen molar-refractivity contribution in [2.45, 2.75) is 50.2 Å². The first-order valence-electron chi connectivity index (χ1n) is 7.63. The van der Waals surface area contributed by atoms with E-state index in [1.165, 1.54) is 19.3 Å². The van der Waals surface area contributed by atoms with Crippen LogP contribution in [-0.4, -0.2) is 47.8 Å². The Balaban J connectivity index is 1.72. The second-order valence-corrected chi connectivity index (χ2v) is 6.02. The molecule has 0 amide bonds. The minimum atomic E-state index is -0.0757. The van der Waals surface area contributed by atoms with Gasteiger partial charge in [0.15, 0.2) is 0 Å². The van der Waals surface area contributed by atoms with Crippen molar-refractivity contribution in [3.05, 3.63) is 11.7 Å². The topological polar surface area (TPSA) is 77.4 Å². The minimum Gasteiger partial charge on any atom is -0.367 e. The third-order valence-electron chi connectivity index (χ3n) is 4.40. The molecule has 3 atom stereocenters. The molecule has 2 N–H and O–H groups in total. The van der Waals surface area contributed by atoms with Crippen LogP contribution in [0.5, 0.6) is 0 Å². The highest BCUT2D eigenvalue weighted by Gasteiger charge is 2.30. The molecule has 1 aromatic rings. The summed E-state index contributed by atoms with van der Waals surface area (Å²) in [5.74, 6) is 1.58. The summed E-state index contributed by atoms with van der Waals surface area (Å²) in [5, 5.41) is 4.12. The van der Waals surface area contributed by atoms with Gasteiger partial charge in [0.25, 0.3) is 0 Å². The Morgan fingerprint density at radius 1 is 1.25 bits per heavy atom. The van der Waals surface area contributed by atoms with Crippen LogP contribution in [0.3, 0.4) is 0 Å². The number of morpholine rings is 1. The molecule has 6 heteroatoms. The van der Waals surface area contributed by atoms with Crippen LogP contribution in [-0.2, 0) is 4.74 Å². The van der Waals surface area contributed by atoms with Crippen molar-refractivity contribution in [3.8, 4) is 0 Å². The van der Waals surface area contributed by atoms with Gasteiger partial charge in [0, 0.05) is 19.1 Å². The Kier molecular flexibility index (Phi) is 4.33.